The van der Waals surface area contributed by atoms with Crippen LogP contribution < -0.4 is 10.6 Å². The number of nitrogens with one attached hydrogen (secondary N) is 2. The predicted molar refractivity (Wildman–Crippen MR) is 105 cm³/mol. The van der Waals surface area contributed by atoms with Gasteiger partial charge in [-0.3, -0.25) is 9.88 Å². The van der Waals surface area contributed by atoms with E-state index in [1.165, 1.54) is 18.4 Å². The number of aliphatic hydroxyl groups is 1. The fourth-order valence-electron chi connectivity index (χ4n) is 3.99. The average Bonchev–Trinajstić information content (AvgIpc) is 2.74. The zero-order chi connectivity index (χ0) is 18.5. The van der Waals surface area contributed by atoms with E-state index in [9.17, 15) is 5.11 Å². The van der Waals surface area contributed by atoms with Gasteiger partial charge in [0.05, 0.1) is 12.3 Å². The van der Waals surface area contributed by atoms with E-state index in [2.05, 4.69) is 20.5 Å². The van der Waals surface area contributed by atoms with Crippen molar-refractivity contribution < 1.29 is 5.11 Å². The summed E-state index contributed by atoms with van der Waals surface area (Å²) in [5.41, 5.74) is 3.07. The lowest BCUT2D eigenvalue weighted by molar-refractivity contribution is 0.0940. The summed E-state index contributed by atoms with van der Waals surface area (Å²) in [6.07, 6.45) is 6.23. The molecule has 7 nitrogen and oxygen atoms in total. The molecule has 1 atom stereocenters. The molecule has 1 saturated heterocycles. The number of nitrogens with zero attached hydrogens (tertiary/aromatic N) is 4. The number of rotatable bonds is 6. The summed E-state index contributed by atoms with van der Waals surface area (Å²) in [6, 6.07) is 6.11. The normalized spacial score (nSPS) is 20.3. The number of likely N-dealkylation sites (tertiary alicyclic amines) is 1. The maximum absolute atomic E-state index is 9.60. The van der Waals surface area contributed by atoms with Gasteiger partial charge in [0.2, 0.25) is 0 Å². The molecule has 0 saturated carbocycles. The fourth-order valence-corrected chi connectivity index (χ4v) is 3.99. The summed E-state index contributed by atoms with van der Waals surface area (Å²) in [5.74, 6) is 1.60. The second-order valence-corrected chi connectivity index (χ2v) is 7.26. The van der Waals surface area contributed by atoms with Crippen LogP contribution in [0, 0.1) is 0 Å². The van der Waals surface area contributed by atoms with Gasteiger partial charge >= 0.3 is 0 Å². The Morgan fingerprint density at radius 2 is 2.22 bits per heavy atom. The van der Waals surface area contributed by atoms with Crippen LogP contribution in [-0.4, -0.2) is 63.8 Å². The molecule has 1 fully saturated rings. The quantitative estimate of drug-likeness (QED) is 0.711. The molecule has 0 amide bonds. The van der Waals surface area contributed by atoms with Crippen molar-refractivity contribution in [1.82, 2.24) is 25.2 Å². The SMILES string of the molecule is OCC1CCCCN1CCNc1nc(-c2ccccn2)nc2c1CCNC2. The number of hydrogen-bond donors (Lipinski definition) is 3. The van der Waals surface area contributed by atoms with Gasteiger partial charge in [0.1, 0.15) is 11.5 Å². The molecular weight excluding hydrogens is 340 g/mol. The molecule has 4 rings (SSSR count). The maximum Gasteiger partial charge on any atom is 0.180 e. The van der Waals surface area contributed by atoms with Crippen molar-refractivity contribution >= 4 is 5.82 Å². The first-order chi connectivity index (χ1) is 13.3. The molecule has 0 bridgehead atoms. The molecule has 4 heterocycles. The van der Waals surface area contributed by atoms with Crippen molar-refractivity contribution in [2.75, 3.05) is 38.1 Å². The molecule has 7 heteroatoms. The molecule has 3 N–H and O–H groups in total. The molecule has 2 aromatic heterocycles. The molecule has 2 aliphatic rings. The van der Waals surface area contributed by atoms with Gasteiger partial charge in [-0.05, 0) is 44.5 Å². The average molecular weight is 368 g/mol. The summed E-state index contributed by atoms with van der Waals surface area (Å²) in [7, 11) is 0. The predicted octanol–water partition coefficient (Wildman–Crippen LogP) is 1.44. The summed E-state index contributed by atoms with van der Waals surface area (Å²) >= 11 is 0. The minimum Gasteiger partial charge on any atom is -0.395 e. The molecule has 1 unspecified atom stereocenters. The number of fused-ring (bicyclic) bond motifs is 1. The van der Waals surface area contributed by atoms with Crippen molar-refractivity contribution in [1.29, 1.82) is 0 Å². The highest BCUT2D eigenvalue weighted by Crippen LogP contribution is 2.24. The second kappa shape index (κ2) is 8.73. The lowest BCUT2D eigenvalue weighted by atomic mass is 10.0. The van der Waals surface area contributed by atoms with Gasteiger partial charge in [-0.1, -0.05) is 12.5 Å². The number of aliphatic hydroxyl groups excluding tert-OH is 1. The molecule has 144 valence electrons. The highest BCUT2D eigenvalue weighted by molar-refractivity contribution is 5.57. The van der Waals surface area contributed by atoms with E-state index in [1.54, 1.807) is 6.20 Å². The summed E-state index contributed by atoms with van der Waals surface area (Å²) in [6.45, 7) is 4.77. The summed E-state index contributed by atoms with van der Waals surface area (Å²) < 4.78 is 0. The number of aromatic nitrogens is 3. The minimum absolute atomic E-state index is 0.248. The van der Waals surface area contributed by atoms with E-state index in [0.717, 1.165) is 62.8 Å². The van der Waals surface area contributed by atoms with Gasteiger partial charge in [0.25, 0.3) is 0 Å². The van der Waals surface area contributed by atoms with Crippen LogP contribution in [-0.2, 0) is 13.0 Å². The third-order valence-corrected chi connectivity index (χ3v) is 5.48. The summed E-state index contributed by atoms with van der Waals surface area (Å²) in [4.78, 5) is 16.3. The molecule has 2 aromatic rings. The number of anilines is 1. The van der Waals surface area contributed by atoms with Gasteiger partial charge in [-0.25, -0.2) is 9.97 Å². The fraction of sp³-hybridized carbons (Fsp3) is 0.550. The van der Waals surface area contributed by atoms with Crippen LogP contribution in [0.25, 0.3) is 11.5 Å². The second-order valence-electron chi connectivity index (χ2n) is 7.26. The smallest absolute Gasteiger partial charge is 0.180 e. The van der Waals surface area contributed by atoms with Crippen LogP contribution in [0.3, 0.4) is 0 Å². The summed E-state index contributed by atoms with van der Waals surface area (Å²) in [5, 5.41) is 16.5. The van der Waals surface area contributed by atoms with Crippen LogP contribution in [0.1, 0.15) is 30.5 Å². The number of hydrogen-bond acceptors (Lipinski definition) is 7. The van der Waals surface area contributed by atoms with E-state index < -0.39 is 0 Å². The lowest BCUT2D eigenvalue weighted by Gasteiger charge is -2.34. The molecule has 0 spiro atoms. The van der Waals surface area contributed by atoms with Crippen molar-refractivity contribution in [2.24, 2.45) is 0 Å². The largest absolute Gasteiger partial charge is 0.395 e. The lowest BCUT2D eigenvalue weighted by Crippen LogP contribution is -2.44. The number of piperidine rings is 1. The van der Waals surface area contributed by atoms with Crippen molar-refractivity contribution in [3.05, 3.63) is 35.7 Å². The van der Waals surface area contributed by atoms with Crippen molar-refractivity contribution in [2.45, 2.75) is 38.3 Å². The third-order valence-electron chi connectivity index (χ3n) is 5.48. The first-order valence-corrected chi connectivity index (χ1v) is 9.96. The number of pyridine rings is 1. The van der Waals surface area contributed by atoms with E-state index in [-0.39, 0.29) is 6.61 Å². The molecular formula is C20H28N6O. The van der Waals surface area contributed by atoms with Crippen LogP contribution in [0.4, 0.5) is 5.82 Å². The Balaban J connectivity index is 1.51. The van der Waals surface area contributed by atoms with Crippen LogP contribution in [0.15, 0.2) is 24.4 Å². The highest BCUT2D eigenvalue weighted by atomic mass is 16.3. The van der Waals surface area contributed by atoms with Crippen molar-refractivity contribution in [3.63, 3.8) is 0 Å². The van der Waals surface area contributed by atoms with Gasteiger partial charge in [0, 0.05) is 37.4 Å². The Bertz CT molecular complexity index is 754. The van der Waals surface area contributed by atoms with Gasteiger partial charge in [0.15, 0.2) is 5.82 Å². The van der Waals surface area contributed by atoms with Gasteiger partial charge in [-0.15, -0.1) is 0 Å². The topological polar surface area (TPSA) is 86.2 Å². The first-order valence-electron chi connectivity index (χ1n) is 9.96. The standard InChI is InChI=1S/C20H28N6O/c27-14-15-5-2-4-11-26(15)12-10-23-19-16-7-9-21-13-18(16)24-20(25-19)17-6-1-3-8-22-17/h1,3,6,8,15,21,27H,2,4-5,7,9-14H2,(H,23,24,25). The molecule has 2 aliphatic heterocycles. The van der Waals surface area contributed by atoms with Gasteiger partial charge < -0.3 is 15.7 Å². The monoisotopic (exact) mass is 368 g/mol. The Labute approximate surface area is 160 Å². The minimum atomic E-state index is 0.248. The highest BCUT2D eigenvalue weighted by Gasteiger charge is 2.22. The van der Waals surface area contributed by atoms with E-state index in [4.69, 9.17) is 9.97 Å². The van der Waals surface area contributed by atoms with E-state index >= 15 is 0 Å². The van der Waals surface area contributed by atoms with Crippen LogP contribution >= 0.6 is 0 Å². The Morgan fingerprint density at radius 3 is 3.07 bits per heavy atom. The Morgan fingerprint density at radius 1 is 1.26 bits per heavy atom. The maximum atomic E-state index is 9.60. The zero-order valence-corrected chi connectivity index (χ0v) is 15.7. The molecule has 27 heavy (non-hydrogen) atoms. The Hall–Kier alpha value is -2.09. The molecule has 0 aliphatic carbocycles. The third kappa shape index (κ3) is 4.26. The van der Waals surface area contributed by atoms with Crippen LogP contribution in [0.2, 0.25) is 0 Å². The van der Waals surface area contributed by atoms with Gasteiger partial charge in [-0.2, -0.15) is 0 Å². The van der Waals surface area contributed by atoms with E-state index in [0.29, 0.717) is 11.9 Å². The van der Waals surface area contributed by atoms with Crippen molar-refractivity contribution in [3.8, 4) is 11.5 Å². The van der Waals surface area contributed by atoms with E-state index in [1.807, 2.05) is 18.2 Å². The van der Waals surface area contributed by atoms with Crippen LogP contribution in [0.5, 0.6) is 0 Å². The molecule has 0 aromatic carbocycles. The Kier molecular flexibility index (Phi) is 5.91. The molecule has 0 radical (unpaired) electrons. The zero-order valence-electron chi connectivity index (χ0n) is 15.7. The first kappa shape index (κ1) is 18.3.